The van der Waals surface area contributed by atoms with Gasteiger partial charge >= 0.3 is 5.97 Å². The number of esters is 1. The zero-order valence-electron chi connectivity index (χ0n) is 20.6. The van der Waals surface area contributed by atoms with Crippen LogP contribution in [0, 0.1) is 10.1 Å². The highest BCUT2D eigenvalue weighted by molar-refractivity contribution is 6.42. The first-order valence-electron chi connectivity index (χ1n) is 12.1. The maximum Gasteiger partial charge on any atom is 0.339 e. The molecule has 1 aliphatic rings. The van der Waals surface area contributed by atoms with Crippen LogP contribution in [0.4, 0.5) is 11.4 Å². The highest BCUT2D eigenvalue weighted by Gasteiger charge is 2.30. The molecule has 1 heterocycles. The van der Waals surface area contributed by atoms with Crippen molar-refractivity contribution >= 4 is 69.0 Å². The third-order valence-electron chi connectivity index (χ3n) is 6.44. The van der Waals surface area contributed by atoms with Crippen molar-refractivity contribution in [3.8, 4) is 0 Å². The van der Waals surface area contributed by atoms with Gasteiger partial charge in [-0.2, -0.15) is 0 Å². The Labute approximate surface area is 233 Å². The highest BCUT2D eigenvalue weighted by atomic mass is 35.5. The smallest absolute Gasteiger partial charge is 0.339 e. The fourth-order valence-corrected chi connectivity index (χ4v) is 4.87. The van der Waals surface area contributed by atoms with Crippen molar-refractivity contribution in [1.29, 1.82) is 0 Å². The number of halogens is 2. The van der Waals surface area contributed by atoms with Crippen molar-refractivity contribution in [2.75, 3.05) is 5.32 Å². The number of nitro benzene ring substituents is 1. The lowest BCUT2D eigenvalue weighted by atomic mass is 10.0. The molecule has 3 aromatic carbocycles. The van der Waals surface area contributed by atoms with Crippen molar-refractivity contribution in [2.45, 2.75) is 25.9 Å². The minimum absolute atomic E-state index is 0.0164. The van der Waals surface area contributed by atoms with E-state index in [-0.39, 0.29) is 11.4 Å². The van der Waals surface area contributed by atoms with E-state index in [1.54, 1.807) is 30.3 Å². The molecule has 0 fully saturated rings. The van der Waals surface area contributed by atoms with Gasteiger partial charge in [0, 0.05) is 11.5 Å². The summed E-state index contributed by atoms with van der Waals surface area (Å²) >= 11 is 12.2. The molecular weight excluding hydrogens is 541 g/mol. The Morgan fingerprint density at radius 2 is 1.79 bits per heavy atom. The Hall–Kier alpha value is -4.27. The fourth-order valence-electron chi connectivity index (χ4n) is 4.56. The number of nitrogens with zero attached hydrogens (tertiary/aromatic N) is 2. The van der Waals surface area contributed by atoms with Crippen molar-refractivity contribution in [1.82, 2.24) is 4.98 Å². The third kappa shape index (κ3) is 5.34. The molecule has 0 radical (unpaired) electrons. The number of nitrogens with one attached hydrogen (secondary N) is 1. The number of hydrogen-bond donors (Lipinski definition) is 1. The number of nitro groups is 1. The molecule has 1 aliphatic carbocycles. The number of rotatable bonds is 6. The van der Waals surface area contributed by atoms with Crippen LogP contribution in [-0.2, 0) is 16.0 Å². The number of carbonyl (C=O) groups excluding carboxylic acids is 2. The van der Waals surface area contributed by atoms with Gasteiger partial charge in [0.05, 0.1) is 31.7 Å². The maximum atomic E-state index is 13.5. The number of allylic oxidation sites excluding steroid dienone is 1. The molecule has 0 bridgehead atoms. The van der Waals surface area contributed by atoms with Crippen LogP contribution in [0.1, 0.15) is 40.5 Å². The first kappa shape index (κ1) is 26.3. The Kier molecular flexibility index (Phi) is 7.32. The molecule has 1 atom stereocenters. The molecule has 1 amide bonds. The summed E-state index contributed by atoms with van der Waals surface area (Å²) in [7, 11) is 0. The molecule has 0 unspecified atom stereocenters. The van der Waals surface area contributed by atoms with E-state index in [0.717, 1.165) is 16.7 Å². The van der Waals surface area contributed by atoms with E-state index >= 15 is 0 Å². The predicted octanol–water partition coefficient (Wildman–Crippen LogP) is 7.12. The summed E-state index contributed by atoms with van der Waals surface area (Å²) in [5.74, 6) is -1.36. The molecule has 0 aliphatic heterocycles. The lowest BCUT2D eigenvalue weighted by Gasteiger charge is -2.16. The summed E-state index contributed by atoms with van der Waals surface area (Å²) < 4.78 is 5.59. The number of pyridine rings is 1. The SMILES string of the molecule is C[C@@H](OC(=O)c1c2c(nc3ccccc13)/C(=C\c1ccc(Cl)c(Cl)c1)CC2)C(=O)Nc1ccccc1[N+](=O)[O-]. The standard InChI is InChI=1S/C29H21Cl2N3O5/c1-16(28(35)33-24-8-4-5-9-25(24)34(37)38)39-29(36)26-19-6-2-3-7-23(19)32-27-18(11-12-20(26)27)14-17-10-13-21(30)22(31)15-17/h2-10,13-16H,11-12H2,1H3,(H,33,35)/b18-14-/t16-/m1/s1. The van der Waals surface area contributed by atoms with E-state index in [1.165, 1.54) is 25.1 Å². The molecule has 196 valence electrons. The van der Waals surface area contributed by atoms with Crippen LogP contribution in [0.5, 0.6) is 0 Å². The van der Waals surface area contributed by atoms with Gasteiger partial charge in [-0.25, -0.2) is 9.78 Å². The molecule has 8 nitrogen and oxygen atoms in total. The van der Waals surface area contributed by atoms with E-state index in [4.69, 9.17) is 32.9 Å². The van der Waals surface area contributed by atoms with Gasteiger partial charge in [0.2, 0.25) is 0 Å². The average molecular weight is 562 g/mol. The average Bonchev–Trinajstić information content (AvgIpc) is 3.31. The number of para-hydroxylation sites is 3. The van der Waals surface area contributed by atoms with Gasteiger partial charge in [-0.05, 0) is 66.8 Å². The molecule has 39 heavy (non-hydrogen) atoms. The Morgan fingerprint density at radius 1 is 1.05 bits per heavy atom. The van der Waals surface area contributed by atoms with Crippen molar-refractivity contribution in [3.63, 3.8) is 0 Å². The minimum Gasteiger partial charge on any atom is -0.449 e. The van der Waals surface area contributed by atoms with E-state index < -0.39 is 22.9 Å². The van der Waals surface area contributed by atoms with Crippen LogP contribution in [-0.4, -0.2) is 27.9 Å². The number of fused-ring (bicyclic) bond motifs is 2. The maximum absolute atomic E-state index is 13.5. The largest absolute Gasteiger partial charge is 0.449 e. The zero-order chi connectivity index (χ0) is 27.7. The quantitative estimate of drug-likeness (QED) is 0.152. The number of carbonyl (C=O) groups is 2. The summed E-state index contributed by atoms with van der Waals surface area (Å²) in [5, 5.41) is 15.3. The number of ether oxygens (including phenoxy) is 1. The monoisotopic (exact) mass is 561 g/mol. The van der Waals surface area contributed by atoms with E-state index in [1.807, 2.05) is 24.3 Å². The summed E-state index contributed by atoms with van der Waals surface area (Å²) in [6.07, 6.45) is 1.95. The van der Waals surface area contributed by atoms with Gasteiger partial charge in [-0.3, -0.25) is 14.9 Å². The summed E-state index contributed by atoms with van der Waals surface area (Å²) in [5.41, 5.74) is 3.92. The lowest BCUT2D eigenvalue weighted by Crippen LogP contribution is -2.30. The van der Waals surface area contributed by atoms with E-state index in [9.17, 15) is 19.7 Å². The molecule has 5 rings (SSSR count). The van der Waals surface area contributed by atoms with Gasteiger partial charge in [-0.1, -0.05) is 59.6 Å². The molecule has 0 saturated heterocycles. The highest BCUT2D eigenvalue weighted by Crippen LogP contribution is 2.38. The number of hydrogen-bond acceptors (Lipinski definition) is 6. The van der Waals surface area contributed by atoms with Crippen LogP contribution in [0.3, 0.4) is 0 Å². The molecule has 10 heteroatoms. The van der Waals surface area contributed by atoms with Gasteiger partial charge in [0.25, 0.3) is 11.6 Å². The predicted molar refractivity (Wildman–Crippen MR) is 151 cm³/mol. The Balaban J connectivity index is 1.46. The number of benzene rings is 3. The van der Waals surface area contributed by atoms with Crippen LogP contribution in [0.15, 0.2) is 66.7 Å². The first-order chi connectivity index (χ1) is 18.7. The first-order valence-corrected chi connectivity index (χ1v) is 12.8. The van der Waals surface area contributed by atoms with Gasteiger partial charge in [-0.15, -0.1) is 0 Å². The topological polar surface area (TPSA) is 111 Å². The second-order valence-electron chi connectivity index (χ2n) is 8.99. The van der Waals surface area contributed by atoms with E-state index in [2.05, 4.69) is 5.32 Å². The number of amides is 1. The van der Waals surface area contributed by atoms with Crippen molar-refractivity contribution < 1.29 is 19.2 Å². The third-order valence-corrected chi connectivity index (χ3v) is 7.18. The van der Waals surface area contributed by atoms with Crippen LogP contribution < -0.4 is 5.32 Å². The molecule has 0 saturated carbocycles. The summed E-state index contributed by atoms with van der Waals surface area (Å²) in [4.78, 5) is 41.9. The van der Waals surface area contributed by atoms with Gasteiger partial charge < -0.3 is 10.1 Å². The van der Waals surface area contributed by atoms with E-state index in [0.29, 0.717) is 45.0 Å². The van der Waals surface area contributed by atoms with Gasteiger partial charge in [0.15, 0.2) is 6.10 Å². The van der Waals surface area contributed by atoms with Gasteiger partial charge in [0.1, 0.15) is 5.69 Å². The number of anilines is 1. The molecular formula is C29H21Cl2N3O5. The fraction of sp³-hybridized carbons (Fsp3) is 0.138. The van der Waals surface area contributed by atoms with Crippen LogP contribution in [0.2, 0.25) is 10.0 Å². The normalized spacial score (nSPS) is 14.2. The molecule has 0 spiro atoms. The molecule has 1 aromatic heterocycles. The minimum atomic E-state index is -1.22. The van der Waals surface area contributed by atoms with Crippen molar-refractivity contribution in [3.05, 3.63) is 109 Å². The number of aromatic nitrogens is 1. The zero-order valence-corrected chi connectivity index (χ0v) is 22.1. The lowest BCUT2D eigenvalue weighted by molar-refractivity contribution is -0.383. The second-order valence-corrected chi connectivity index (χ2v) is 9.80. The van der Waals surface area contributed by atoms with Crippen LogP contribution in [0.25, 0.3) is 22.6 Å². The summed E-state index contributed by atoms with van der Waals surface area (Å²) in [6.45, 7) is 1.42. The second kappa shape index (κ2) is 10.8. The Morgan fingerprint density at radius 3 is 2.56 bits per heavy atom. The van der Waals surface area contributed by atoms with Crippen molar-refractivity contribution in [2.24, 2.45) is 0 Å². The van der Waals surface area contributed by atoms with Crippen LogP contribution >= 0.6 is 23.2 Å². The molecule has 4 aromatic rings. The molecule has 1 N–H and O–H groups in total. The summed E-state index contributed by atoms with van der Waals surface area (Å²) in [6, 6.07) is 18.3. The Bertz CT molecular complexity index is 1690.